The molecule has 1 aliphatic heterocycles. The molecule has 1 unspecified atom stereocenters. The van der Waals surface area contributed by atoms with Crippen LogP contribution in [0.1, 0.15) is 19.0 Å². The Bertz CT molecular complexity index is 1090. The largest absolute Gasteiger partial charge is 0.364 e. The summed E-state index contributed by atoms with van der Waals surface area (Å²) in [6.07, 6.45) is 6.27. The number of anilines is 3. The van der Waals surface area contributed by atoms with E-state index in [-0.39, 0.29) is 12.1 Å². The van der Waals surface area contributed by atoms with E-state index in [9.17, 15) is 4.79 Å². The molecule has 1 atom stereocenters. The lowest BCUT2D eigenvalue weighted by Gasteiger charge is -2.42. The quantitative estimate of drug-likeness (QED) is 0.688. The third-order valence-corrected chi connectivity index (χ3v) is 5.78. The average Bonchev–Trinajstić information content (AvgIpc) is 3.15. The molecule has 164 valence electrons. The maximum absolute atomic E-state index is 13.0. The van der Waals surface area contributed by atoms with E-state index in [4.69, 9.17) is 0 Å². The number of nitrogens with zero attached hydrogens (tertiary/aromatic N) is 8. The Morgan fingerprint density at radius 3 is 2.77 bits per heavy atom. The molecule has 10 nitrogen and oxygen atoms in total. The van der Waals surface area contributed by atoms with Crippen LogP contribution in [0, 0.1) is 6.92 Å². The number of hydrogen-bond acceptors (Lipinski definition) is 7. The number of rotatable bonds is 4. The lowest BCUT2D eigenvalue weighted by Crippen LogP contribution is -2.55. The molecule has 0 radical (unpaired) electrons. The molecule has 0 aliphatic carbocycles. The number of aryl methyl sites for hydroxylation is 2. The second-order valence-corrected chi connectivity index (χ2v) is 8.02. The van der Waals surface area contributed by atoms with Crippen LogP contribution in [0.4, 0.5) is 22.1 Å². The third-order valence-electron chi connectivity index (χ3n) is 5.78. The maximum atomic E-state index is 13.0. The predicted octanol–water partition coefficient (Wildman–Crippen LogP) is 2.27. The molecule has 10 heteroatoms. The minimum atomic E-state index is -0.144. The van der Waals surface area contributed by atoms with E-state index in [2.05, 4.69) is 37.2 Å². The summed E-state index contributed by atoms with van der Waals surface area (Å²) in [5.41, 5.74) is 2.68. The molecule has 3 aromatic rings. The summed E-state index contributed by atoms with van der Waals surface area (Å²) >= 11 is 0. The van der Waals surface area contributed by atoms with Crippen LogP contribution in [-0.4, -0.2) is 75.4 Å². The van der Waals surface area contributed by atoms with Gasteiger partial charge in [0.1, 0.15) is 5.82 Å². The fourth-order valence-corrected chi connectivity index (χ4v) is 3.98. The standard InChI is InChI=1S/C21H29N9O/c1-6-15-13-29(21(31)26-19-14(2)25-18(12-23-19)27(3)4)9-10-30(15)17-7-8-22-20-16(17)11-24-28(20)5/h7-8,11-12,15H,6,9-10,13H2,1-5H3,(H,23,26,31). The smallest absolute Gasteiger partial charge is 0.323 e. The summed E-state index contributed by atoms with van der Waals surface area (Å²) in [4.78, 5) is 32.4. The zero-order chi connectivity index (χ0) is 22.1. The van der Waals surface area contributed by atoms with Crippen molar-refractivity contribution in [3.8, 4) is 0 Å². The fourth-order valence-electron chi connectivity index (χ4n) is 3.98. The van der Waals surface area contributed by atoms with Gasteiger partial charge in [0.2, 0.25) is 0 Å². The summed E-state index contributed by atoms with van der Waals surface area (Å²) in [7, 11) is 5.72. The van der Waals surface area contributed by atoms with E-state index in [1.807, 2.05) is 56.3 Å². The Kier molecular flexibility index (Phi) is 5.62. The van der Waals surface area contributed by atoms with Gasteiger partial charge in [0.05, 0.1) is 29.2 Å². The van der Waals surface area contributed by atoms with Crippen LogP contribution in [0.3, 0.4) is 0 Å². The van der Waals surface area contributed by atoms with Crippen molar-refractivity contribution >= 4 is 34.4 Å². The average molecular weight is 424 g/mol. The SMILES string of the molecule is CCC1CN(C(=O)Nc2ncc(N(C)C)nc2C)CCN1c1ccnc2c1cnn2C. The minimum absolute atomic E-state index is 0.144. The van der Waals surface area contributed by atoms with Crippen LogP contribution < -0.4 is 15.1 Å². The molecule has 1 saturated heterocycles. The number of carbonyl (C=O) groups excluding carboxylic acids is 1. The van der Waals surface area contributed by atoms with Gasteiger partial charge in [-0.3, -0.25) is 10.00 Å². The Hall–Kier alpha value is -3.43. The van der Waals surface area contributed by atoms with Crippen molar-refractivity contribution in [1.82, 2.24) is 29.6 Å². The van der Waals surface area contributed by atoms with Gasteiger partial charge in [-0.2, -0.15) is 5.10 Å². The molecule has 1 N–H and O–H groups in total. The highest BCUT2D eigenvalue weighted by atomic mass is 16.2. The van der Waals surface area contributed by atoms with Gasteiger partial charge < -0.3 is 14.7 Å². The number of fused-ring (bicyclic) bond motifs is 1. The zero-order valence-electron chi connectivity index (χ0n) is 18.7. The first-order valence-corrected chi connectivity index (χ1v) is 10.5. The van der Waals surface area contributed by atoms with Crippen molar-refractivity contribution in [1.29, 1.82) is 0 Å². The number of hydrogen-bond donors (Lipinski definition) is 1. The molecular weight excluding hydrogens is 394 g/mol. The Morgan fingerprint density at radius 2 is 2.06 bits per heavy atom. The van der Waals surface area contributed by atoms with E-state index >= 15 is 0 Å². The zero-order valence-corrected chi connectivity index (χ0v) is 18.7. The minimum Gasteiger partial charge on any atom is -0.364 e. The van der Waals surface area contributed by atoms with Crippen LogP contribution in [0.2, 0.25) is 0 Å². The highest BCUT2D eigenvalue weighted by molar-refractivity contribution is 5.91. The Balaban J connectivity index is 1.49. The van der Waals surface area contributed by atoms with Gasteiger partial charge >= 0.3 is 6.03 Å². The normalized spacial score (nSPS) is 16.6. The van der Waals surface area contributed by atoms with E-state index in [1.54, 1.807) is 10.9 Å². The Morgan fingerprint density at radius 1 is 1.26 bits per heavy atom. The van der Waals surface area contributed by atoms with E-state index in [0.29, 0.717) is 24.6 Å². The molecule has 4 rings (SSSR count). The first-order valence-electron chi connectivity index (χ1n) is 10.5. The molecule has 1 aliphatic rings. The molecule has 31 heavy (non-hydrogen) atoms. The summed E-state index contributed by atoms with van der Waals surface area (Å²) in [5, 5.41) is 8.32. The van der Waals surface area contributed by atoms with Gasteiger partial charge in [0.25, 0.3) is 0 Å². The third kappa shape index (κ3) is 3.97. The first kappa shape index (κ1) is 20.8. The van der Waals surface area contributed by atoms with Gasteiger partial charge in [0.15, 0.2) is 11.5 Å². The van der Waals surface area contributed by atoms with Gasteiger partial charge in [0, 0.05) is 53.0 Å². The summed E-state index contributed by atoms with van der Waals surface area (Å²) in [5.74, 6) is 1.26. The van der Waals surface area contributed by atoms with Crippen molar-refractivity contribution in [3.05, 3.63) is 30.4 Å². The monoisotopic (exact) mass is 423 g/mol. The maximum Gasteiger partial charge on any atom is 0.323 e. The lowest BCUT2D eigenvalue weighted by atomic mass is 10.1. The highest BCUT2D eigenvalue weighted by Gasteiger charge is 2.30. The van der Waals surface area contributed by atoms with Crippen molar-refractivity contribution in [3.63, 3.8) is 0 Å². The fraction of sp³-hybridized carbons (Fsp3) is 0.476. The molecule has 0 saturated carbocycles. The van der Waals surface area contributed by atoms with E-state index < -0.39 is 0 Å². The van der Waals surface area contributed by atoms with Crippen molar-refractivity contribution < 1.29 is 4.79 Å². The van der Waals surface area contributed by atoms with Gasteiger partial charge in [-0.1, -0.05) is 6.92 Å². The number of carbonyl (C=O) groups is 1. The van der Waals surface area contributed by atoms with E-state index in [1.165, 1.54) is 0 Å². The molecular formula is C21H29N9O. The van der Waals surface area contributed by atoms with Gasteiger partial charge in [-0.05, 0) is 19.4 Å². The number of nitrogens with one attached hydrogen (secondary N) is 1. The van der Waals surface area contributed by atoms with Crippen LogP contribution in [0.5, 0.6) is 0 Å². The summed E-state index contributed by atoms with van der Waals surface area (Å²) in [6.45, 7) is 5.99. The van der Waals surface area contributed by atoms with Crippen LogP contribution in [0.25, 0.3) is 11.0 Å². The number of piperazine rings is 1. The van der Waals surface area contributed by atoms with Gasteiger partial charge in [-0.15, -0.1) is 0 Å². The molecule has 1 fully saturated rings. The summed E-state index contributed by atoms with van der Waals surface area (Å²) < 4.78 is 1.79. The first-order chi connectivity index (χ1) is 14.9. The van der Waals surface area contributed by atoms with Crippen molar-refractivity contribution in [2.45, 2.75) is 26.3 Å². The lowest BCUT2D eigenvalue weighted by molar-refractivity contribution is 0.197. The van der Waals surface area contributed by atoms with E-state index in [0.717, 1.165) is 35.5 Å². The van der Waals surface area contributed by atoms with Gasteiger partial charge in [-0.25, -0.2) is 19.7 Å². The second kappa shape index (κ2) is 8.37. The number of urea groups is 1. The molecule has 0 bridgehead atoms. The molecule has 0 spiro atoms. The number of amides is 2. The van der Waals surface area contributed by atoms with Crippen LogP contribution in [-0.2, 0) is 7.05 Å². The number of aromatic nitrogens is 5. The van der Waals surface area contributed by atoms with Crippen LogP contribution in [0.15, 0.2) is 24.7 Å². The number of pyridine rings is 1. The predicted molar refractivity (Wildman–Crippen MR) is 122 cm³/mol. The second-order valence-electron chi connectivity index (χ2n) is 8.02. The summed E-state index contributed by atoms with van der Waals surface area (Å²) in [6, 6.07) is 2.09. The molecule has 4 heterocycles. The van der Waals surface area contributed by atoms with Crippen molar-refractivity contribution in [2.24, 2.45) is 7.05 Å². The van der Waals surface area contributed by atoms with Crippen molar-refractivity contribution in [2.75, 3.05) is 48.8 Å². The Labute approximate surface area is 181 Å². The molecule has 0 aromatic carbocycles. The topological polar surface area (TPSA) is 95.3 Å². The van der Waals surface area contributed by atoms with Crippen LogP contribution >= 0.6 is 0 Å². The molecule has 3 aromatic heterocycles. The molecule has 2 amide bonds. The highest BCUT2D eigenvalue weighted by Crippen LogP contribution is 2.29.